The van der Waals surface area contributed by atoms with Crippen molar-refractivity contribution in [3.8, 4) is 5.75 Å². The van der Waals surface area contributed by atoms with Gasteiger partial charge in [0, 0.05) is 55.7 Å². The van der Waals surface area contributed by atoms with Gasteiger partial charge in [0.25, 0.3) is 5.91 Å². The first-order valence-corrected chi connectivity index (χ1v) is 9.04. The Bertz CT molecular complexity index is 801. The largest absolute Gasteiger partial charge is 0.433 e. The quantitative estimate of drug-likeness (QED) is 0.741. The molecule has 0 radical (unpaired) electrons. The molecule has 1 aromatic carbocycles. The third kappa shape index (κ3) is 5.06. The van der Waals surface area contributed by atoms with E-state index in [9.17, 15) is 13.6 Å². The standard InChI is InChI=1S/C18H17Cl2F2N3O2/c19-14-8-13(16(15(20)9-14)27-18(21)22)11-24-4-6-25(7-5-24)17(26)12-2-1-3-23-10-12/h1-3,8-10,18H,4-7,11H2. The molecular formula is C18H17Cl2F2N3O2. The van der Waals surface area contributed by atoms with Crippen molar-refractivity contribution in [2.75, 3.05) is 26.2 Å². The van der Waals surface area contributed by atoms with Crippen LogP contribution in [0.15, 0.2) is 36.7 Å². The molecule has 2 aromatic rings. The van der Waals surface area contributed by atoms with Crippen molar-refractivity contribution in [3.05, 3.63) is 57.8 Å². The molecule has 1 amide bonds. The molecule has 1 fully saturated rings. The fraction of sp³-hybridized carbons (Fsp3) is 0.333. The maximum atomic E-state index is 12.7. The number of ether oxygens (including phenoxy) is 1. The summed E-state index contributed by atoms with van der Waals surface area (Å²) in [5, 5.41) is 0.394. The third-order valence-corrected chi connectivity index (χ3v) is 4.75. The van der Waals surface area contributed by atoms with Crippen LogP contribution in [0.5, 0.6) is 5.75 Å². The molecule has 27 heavy (non-hydrogen) atoms. The molecule has 0 aliphatic carbocycles. The number of amides is 1. The van der Waals surface area contributed by atoms with Gasteiger partial charge in [-0.2, -0.15) is 8.78 Å². The normalized spacial score (nSPS) is 15.2. The number of nitrogens with zero attached hydrogens (tertiary/aromatic N) is 3. The van der Waals surface area contributed by atoms with E-state index in [0.717, 1.165) is 0 Å². The Labute approximate surface area is 165 Å². The molecule has 0 spiro atoms. The van der Waals surface area contributed by atoms with Gasteiger partial charge in [-0.15, -0.1) is 0 Å². The number of carbonyl (C=O) groups excluding carboxylic acids is 1. The Balaban J connectivity index is 1.65. The molecule has 1 saturated heterocycles. The number of halogens is 4. The zero-order valence-corrected chi connectivity index (χ0v) is 15.8. The van der Waals surface area contributed by atoms with Crippen LogP contribution in [0.2, 0.25) is 10.0 Å². The lowest BCUT2D eigenvalue weighted by atomic mass is 10.1. The lowest BCUT2D eigenvalue weighted by Crippen LogP contribution is -2.48. The van der Waals surface area contributed by atoms with Crippen molar-refractivity contribution >= 4 is 29.1 Å². The van der Waals surface area contributed by atoms with E-state index in [1.807, 2.05) is 4.90 Å². The molecule has 0 unspecified atom stereocenters. The van der Waals surface area contributed by atoms with E-state index in [0.29, 0.717) is 48.9 Å². The monoisotopic (exact) mass is 415 g/mol. The summed E-state index contributed by atoms with van der Waals surface area (Å²) >= 11 is 12.0. The van der Waals surface area contributed by atoms with Crippen molar-refractivity contribution in [2.45, 2.75) is 13.2 Å². The van der Waals surface area contributed by atoms with Crippen LogP contribution >= 0.6 is 23.2 Å². The highest BCUT2D eigenvalue weighted by Crippen LogP contribution is 2.34. The first-order chi connectivity index (χ1) is 12.9. The van der Waals surface area contributed by atoms with E-state index in [2.05, 4.69) is 9.72 Å². The van der Waals surface area contributed by atoms with Gasteiger partial charge >= 0.3 is 6.61 Å². The summed E-state index contributed by atoms with van der Waals surface area (Å²) in [5.74, 6) is -0.139. The number of carbonyl (C=O) groups is 1. The zero-order valence-electron chi connectivity index (χ0n) is 14.2. The highest BCUT2D eigenvalue weighted by molar-refractivity contribution is 6.35. The molecule has 9 heteroatoms. The summed E-state index contributed by atoms with van der Waals surface area (Å²) in [4.78, 5) is 20.2. The molecule has 1 aromatic heterocycles. The minimum atomic E-state index is -2.98. The van der Waals surface area contributed by atoms with E-state index in [-0.39, 0.29) is 16.7 Å². The molecule has 5 nitrogen and oxygen atoms in total. The molecule has 0 bridgehead atoms. The fourth-order valence-electron chi connectivity index (χ4n) is 2.97. The second-order valence-corrected chi connectivity index (χ2v) is 6.91. The number of piperazine rings is 1. The lowest BCUT2D eigenvalue weighted by molar-refractivity contribution is -0.0508. The number of benzene rings is 1. The maximum Gasteiger partial charge on any atom is 0.387 e. The van der Waals surface area contributed by atoms with E-state index < -0.39 is 6.61 Å². The van der Waals surface area contributed by atoms with Gasteiger partial charge < -0.3 is 9.64 Å². The van der Waals surface area contributed by atoms with Crippen LogP contribution in [0, 0.1) is 0 Å². The van der Waals surface area contributed by atoms with E-state index >= 15 is 0 Å². The Hall–Kier alpha value is -1.96. The average Bonchev–Trinajstić information content (AvgIpc) is 2.65. The lowest BCUT2D eigenvalue weighted by Gasteiger charge is -2.35. The number of pyridine rings is 1. The van der Waals surface area contributed by atoms with Crippen LogP contribution in [-0.2, 0) is 6.54 Å². The highest BCUT2D eigenvalue weighted by atomic mass is 35.5. The van der Waals surface area contributed by atoms with Gasteiger partial charge in [0.15, 0.2) is 0 Å². The summed E-state index contributed by atoms with van der Waals surface area (Å²) in [7, 11) is 0. The number of hydrogen-bond donors (Lipinski definition) is 0. The molecule has 0 atom stereocenters. The van der Waals surface area contributed by atoms with Crippen LogP contribution in [0.4, 0.5) is 8.78 Å². The fourth-order valence-corrected chi connectivity index (χ4v) is 3.55. The molecule has 1 aliphatic heterocycles. The first-order valence-electron chi connectivity index (χ1n) is 8.28. The van der Waals surface area contributed by atoms with Crippen molar-refractivity contribution in [1.82, 2.24) is 14.8 Å². The molecule has 3 rings (SSSR count). The zero-order chi connectivity index (χ0) is 19.4. The molecule has 0 saturated carbocycles. The van der Waals surface area contributed by atoms with Gasteiger partial charge in [-0.1, -0.05) is 23.2 Å². The summed E-state index contributed by atoms with van der Waals surface area (Å²) in [6.45, 7) is -0.414. The van der Waals surface area contributed by atoms with E-state index in [4.69, 9.17) is 23.2 Å². The molecule has 1 aliphatic rings. The second-order valence-electron chi connectivity index (χ2n) is 6.06. The summed E-state index contributed by atoms with van der Waals surface area (Å²) in [6.07, 6.45) is 3.15. The first kappa shape index (κ1) is 19.8. The van der Waals surface area contributed by atoms with Crippen molar-refractivity contribution in [3.63, 3.8) is 0 Å². The second kappa shape index (κ2) is 8.82. The smallest absolute Gasteiger partial charge is 0.387 e. The van der Waals surface area contributed by atoms with Crippen LogP contribution in [0.1, 0.15) is 15.9 Å². The van der Waals surface area contributed by atoms with Crippen LogP contribution in [-0.4, -0.2) is 53.5 Å². The van der Waals surface area contributed by atoms with Crippen LogP contribution in [0.3, 0.4) is 0 Å². The number of hydrogen-bond acceptors (Lipinski definition) is 4. The topological polar surface area (TPSA) is 45.7 Å². The SMILES string of the molecule is O=C(c1cccnc1)N1CCN(Cc2cc(Cl)cc(Cl)c2OC(F)F)CC1. The Morgan fingerprint density at radius 3 is 2.59 bits per heavy atom. The van der Waals surface area contributed by atoms with Crippen molar-refractivity contribution in [1.29, 1.82) is 0 Å². The van der Waals surface area contributed by atoms with Crippen LogP contribution in [0.25, 0.3) is 0 Å². The molecular weight excluding hydrogens is 399 g/mol. The minimum absolute atomic E-state index is 0.0446. The van der Waals surface area contributed by atoms with E-state index in [1.54, 1.807) is 29.3 Å². The maximum absolute atomic E-state index is 12.7. The summed E-state index contributed by atoms with van der Waals surface area (Å²) in [6, 6.07) is 6.38. The summed E-state index contributed by atoms with van der Waals surface area (Å²) in [5.41, 5.74) is 1.03. The van der Waals surface area contributed by atoms with Crippen molar-refractivity contribution < 1.29 is 18.3 Å². The van der Waals surface area contributed by atoms with E-state index in [1.165, 1.54) is 12.3 Å². The van der Waals surface area contributed by atoms with Gasteiger partial charge in [-0.05, 0) is 24.3 Å². The number of aromatic nitrogens is 1. The minimum Gasteiger partial charge on any atom is -0.433 e. The molecule has 144 valence electrons. The predicted molar refractivity (Wildman–Crippen MR) is 98.5 cm³/mol. The van der Waals surface area contributed by atoms with Gasteiger partial charge in [0.05, 0.1) is 10.6 Å². The summed E-state index contributed by atoms with van der Waals surface area (Å²) < 4.78 is 29.9. The van der Waals surface area contributed by atoms with Gasteiger partial charge in [-0.3, -0.25) is 14.7 Å². The highest BCUT2D eigenvalue weighted by Gasteiger charge is 2.24. The number of alkyl halides is 2. The molecule has 0 N–H and O–H groups in total. The predicted octanol–water partition coefficient (Wildman–Crippen LogP) is 3.95. The van der Waals surface area contributed by atoms with Crippen LogP contribution < -0.4 is 4.74 Å². The number of rotatable bonds is 5. The van der Waals surface area contributed by atoms with Gasteiger partial charge in [0.1, 0.15) is 5.75 Å². The van der Waals surface area contributed by atoms with Crippen molar-refractivity contribution in [2.24, 2.45) is 0 Å². The Morgan fingerprint density at radius 1 is 1.22 bits per heavy atom. The van der Waals surface area contributed by atoms with Gasteiger partial charge in [0.2, 0.25) is 0 Å². The average molecular weight is 416 g/mol. The Kier molecular flexibility index (Phi) is 6.46. The third-order valence-electron chi connectivity index (χ3n) is 4.25. The molecule has 2 heterocycles. The van der Waals surface area contributed by atoms with Gasteiger partial charge in [-0.25, -0.2) is 0 Å². The Morgan fingerprint density at radius 2 is 1.96 bits per heavy atom.